The highest BCUT2D eigenvalue weighted by molar-refractivity contribution is 5.74. The van der Waals surface area contributed by atoms with Crippen LogP contribution in [-0.2, 0) is 20.9 Å². The van der Waals surface area contributed by atoms with Crippen LogP contribution in [0.1, 0.15) is 140 Å². The molecule has 0 aromatic heterocycles. The number of carbonyl (C=O) groups excluding carboxylic acids is 1. The first-order valence-corrected chi connectivity index (χ1v) is 15.2. The highest BCUT2D eigenvalue weighted by Gasteiger charge is 2.20. The number of cyclic esters (lactones) is 1. The predicted octanol–water partition coefficient (Wildman–Crippen LogP) is 9.33. The quantitative estimate of drug-likeness (QED) is 0.385. The van der Waals surface area contributed by atoms with Gasteiger partial charge in [0.05, 0.1) is 20.3 Å². The van der Waals surface area contributed by atoms with Crippen LogP contribution in [0.2, 0.25) is 0 Å². The van der Waals surface area contributed by atoms with Gasteiger partial charge >= 0.3 is 5.97 Å². The van der Waals surface area contributed by atoms with Crippen LogP contribution in [0.15, 0.2) is 24.3 Å². The molecule has 1 atom stereocenters. The second-order valence-electron chi connectivity index (χ2n) is 10.7. The Labute approximate surface area is 221 Å². The Morgan fingerprint density at radius 1 is 0.639 bits per heavy atom. The third kappa shape index (κ3) is 15.5. The summed E-state index contributed by atoms with van der Waals surface area (Å²) in [5.74, 6) is 0.641. The molecule has 206 valence electrons. The molecule has 1 aliphatic rings. The molecule has 1 heterocycles. The summed E-state index contributed by atoms with van der Waals surface area (Å²) in [5, 5.41) is 0. The van der Waals surface area contributed by atoms with Crippen LogP contribution in [-0.4, -0.2) is 25.8 Å². The van der Waals surface area contributed by atoms with Crippen molar-refractivity contribution in [1.82, 2.24) is 0 Å². The fourth-order valence-electron chi connectivity index (χ4n) is 5.07. The van der Waals surface area contributed by atoms with E-state index in [1.54, 1.807) is 7.11 Å². The van der Waals surface area contributed by atoms with E-state index in [4.69, 9.17) is 14.2 Å². The maximum Gasteiger partial charge on any atom is 0.335 e. The molecule has 1 aromatic rings. The van der Waals surface area contributed by atoms with Gasteiger partial charge in [-0.15, -0.1) is 0 Å². The monoisotopic (exact) mass is 502 g/mol. The number of benzene rings is 1. The molecule has 36 heavy (non-hydrogen) atoms. The molecule has 0 spiro atoms. The van der Waals surface area contributed by atoms with Gasteiger partial charge in [0.25, 0.3) is 0 Å². The van der Waals surface area contributed by atoms with E-state index in [1.807, 2.05) is 24.3 Å². The number of carbonyl (C=O) groups is 1. The molecule has 1 fully saturated rings. The number of ether oxygens (including phenoxy) is 3. The molecule has 0 aliphatic carbocycles. The summed E-state index contributed by atoms with van der Waals surface area (Å²) in [7, 11) is 1.67. The first-order chi connectivity index (χ1) is 17.8. The molecular formula is C32H54O4. The minimum absolute atomic E-state index is 0.186. The number of hydrogen-bond acceptors (Lipinski definition) is 4. The van der Waals surface area contributed by atoms with Gasteiger partial charge in [-0.3, -0.25) is 0 Å². The Morgan fingerprint density at radius 3 is 1.50 bits per heavy atom. The van der Waals surface area contributed by atoms with Crippen LogP contribution in [0.25, 0.3) is 0 Å². The summed E-state index contributed by atoms with van der Waals surface area (Å²) in [6.07, 6.45) is 26.4. The Bertz CT molecular complexity index is 642. The Balaban J connectivity index is 1.76. The molecule has 1 unspecified atom stereocenters. The van der Waals surface area contributed by atoms with E-state index in [2.05, 4.69) is 0 Å². The van der Waals surface area contributed by atoms with Crippen molar-refractivity contribution in [2.45, 2.75) is 148 Å². The van der Waals surface area contributed by atoms with Crippen molar-refractivity contribution >= 4 is 5.97 Å². The maximum atomic E-state index is 12.8. The van der Waals surface area contributed by atoms with Crippen molar-refractivity contribution in [3.8, 4) is 5.75 Å². The molecule has 4 heteroatoms. The fourth-order valence-corrected chi connectivity index (χ4v) is 5.07. The molecule has 0 radical (unpaired) electrons. The predicted molar refractivity (Wildman–Crippen MR) is 149 cm³/mol. The highest BCUT2D eigenvalue weighted by atomic mass is 16.6. The third-order valence-corrected chi connectivity index (χ3v) is 7.48. The van der Waals surface area contributed by atoms with Gasteiger partial charge in [-0.1, -0.05) is 134 Å². The average molecular weight is 503 g/mol. The molecule has 0 N–H and O–H groups in total. The van der Waals surface area contributed by atoms with E-state index in [-0.39, 0.29) is 5.97 Å². The molecule has 0 amide bonds. The normalized spacial score (nSPS) is 22.0. The summed E-state index contributed by atoms with van der Waals surface area (Å²) >= 11 is 0. The fraction of sp³-hybridized carbons (Fsp3) is 0.781. The second kappa shape index (κ2) is 21.5. The zero-order chi connectivity index (χ0) is 25.5. The van der Waals surface area contributed by atoms with Crippen LogP contribution in [0.5, 0.6) is 5.75 Å². The zero-order valence-electron chi connectivity index (χ0n) is 23.3. The number of hydrogen-bond donors (Lipinski definition) is 0. The smallest absolute Gasteiger partial charge is 0.335 e. The molecule has 1 saturated heterocycles. The summed E-state index contributed by atoms with van der Waals surface area (Å²) in [4.78, 5) is 12.8. The molecular weight excluding hydrogens is 448 g/mol. The van der Waals surface area contributed by atoms with Crippen LogP contribution in [0.3, 0.4) is 0 Å². The lowest BCUT2D eigenvalue weighted by Crippen LogP contribution is -2.27. The lowest BCUT2D eigenvalue weighted by atomic mass is 10.0. The van der Waals surface area contributed by atoms with Crippen LogP contribution in [0.4, 0.5) is 0 Å². The summed E-state index contributed by atoms with van der Waals surface area (Å²) in [5.41, 5.74) is 1.05. The van der Waals surface area contributed by atoms with Gasteiger partial charge in [0.2, 0.25) is 0 Å². The standard InChI is InChI=1S/C32H54O4/c1-34-30-25-23-29(24-26-30)28-36-31-22-20-18-16-14-12-10-8-6-4-2-3-5-7-9-11-13-15-17-19-21-27-35-32(31)33/h23-26,31H,2-22,27-28H2,1H3. The van der Waals surface area contributed by atoms with Gasteiger partial charge in [-0.25, -0.2) is 4.79 Å². The van der Waals surface area contributed by atoms with Crippen LogP contribution >= 0.6 is 0 Å². The first kappa shape index (κ1) is 30.7. The van der Waals surface area contributed by atoms with E-state index in [9.17, 15) is 4.79 Å². The van der Waals surface area contributed by atoms with Crippen LogP contribution < -0.4 is 4.74 Å². The van der Waals surface area contributed by atoms with E-state index < -0.39 is 6.10 Å². The molecule has 4 nitrogen and oxygen atoms in total. The highest BCUT2D eigenvalue weighted by Crippen LogP contribution is 2.18. The Kier molecular flexibility index (Phi) is 18.3. The van der Waals surface area contributed by atoms with Gasteiger partial charge in [0, 0.05) is 0 Å². The first-order valence-electron chi connectivity index (χ1n) is 15.2. The third-order valence-electron chi connectivity index (χ3n) is 7.48. The van der Waals surface area contributed by atoms with Crippen molar-refractivity contribution in [2.75, 3.05) is 13.7 Å². The lowest BCUT2D eigenvalue weighted by molar-refractivity contribution is -0.158. The largest absolute Gasteiger partial charge is 0.497 e. The van der Waals surface area contributed by atoms with E-state index >= 15 is 0 Å². The number of rotatable bonds is 4. The van der Waals surface area contributed by atoms with Gasteiger partial charge in [0.1, 0.15) is 5.75 Å². The Hall–Kier alpha value is -1.55. The van der Waals surface area contributed by atoms with Gasteiger partial charge < -0.3 is 14.2 Å². The number of methoxy groups -OCH3 is 1. The van der Waals surface area contributed by atoms with Crippen LogP contribution in [0, 0.1) is 0 Å². The van der Waals surface area contributed by atoms with Gasteiger partial charge in [0.15, 0.2) is 6.10 Å². The lowest BCUT2D eigenvalue weighted by Gasteiger charge is -2.17. The van der Waals surface area contributed by atoms with Crippen molar-refractivity contribution in [1.29, 1.82) is 0 Å². The Morgan fingerprint density at radius 2 is 1.06 bits per heavy atom. The topological polar surface area (TPSA) is 44.8 Å². The molecule has 1 aromatic carbocycles. The zero-order valence-corrected chi connectivity index (χ0v) is 23.3. The van der Waals surface area contributed by atoms with E-state index in [1.165, 1.54) is 103 Å². The van der Waals surface area contributed by atoms with E-state index in [0.29, 0.717) is 13.2 Å². The summed E-state index contributed by atoms with van der Waals surface area (Å²) < 4.78 is 16.9. The van der Waals surface area contributed by atoms with Crippen molar-refractivity contribution in [2.24, 2.45) is 0 Å². The second-order valence-corrected chi connectivity index (χ2v) is 10.7. The van der Waals surface area contributed by atoms with Gasteiger partial charge in [-0.05, 0) is 30.5 Å². The average Bonchev–Trinajstić information content (AvgIpc) is 2.90. The minimum Gasteiger partial charge on any atom is -0.497 e. The number of esters is 1. The SMILES string of the molecule is COc1ccc(COC2CCCCCCCCCCCCCCCCCCCCCCOC2=O)cc1. The summed E-state index contributed by atoms with van der Waals surface area (Å²) in [6, 6.07) is 7.84. The van der Waals surface area contributed by atoms with Crippen molar-refractivity contribution in [3.63, 3.8) is 0 Å². The van der Waals surface area contributed by atoms with Crippen molar-refractivity contribution in [3.05, 3.63) is 29.8 Å². The van der Waals surface area contributed by atoms with Gasteiger partial charge in [-0.2, -0.15) is 0 Å². The summed E-state index contributed by atoms with van der Waals surface area (Å²) in [6.45, 7) is 0.936. The minimum atomic E-state index is -0.471. The maximum absolute atomic E-state index is 12.8. The molecule has 1 aliphatic heterocycles. The molecule has 2 rings (SSSR count). The molecule has 0 saturated carbocycles. The molecule has 0 bridgehead atoms. The van der Waals surface area contributed by atoms with Crippen molar-refractivity contribution < 1.29 is 19.0 Å². The van der Waals surface area contributed by atoms with E-state index in [0.717, 1.165) is 43.4 Å².